The number of nitrogens with two attached hydrogens (primary N) is 1. The van der Waals surface area contributed by atoms with Gasteiger partial charge in [0, 0.05) is 6.54 Å². The van der Waals surface area contributed by atoms with Crippen molar-refractivity contribution in [3.63, 3.8) is 0 Å². The normalized spacial score (nSPS) is 13.2. The van der Waals surface area contributed by atoms with E-state index in [9.17, 15) is 5.11 Å². The molecule has 1 aromatic heterocycles. The monoisotopic (exact) mass is 254 g/mol. The number of rotatable bonds is 5. The van der Waals surface area contributed by atoms with E-state index >= 15 is 0 Å². The molecule has 1 unspecified atom stereocenters. The summed E-state index contributed by atoms with van der Waals surface area (Å²) < 4.78 is 5.12. The Morgan fingerprint density at radius 1 is 1.44 bits per heavy atom. The van der Waals surface area contributed by atoms with Gasteiger partial charge >= 0.3 is 0 Å². The molecule has 102 valence electrons. The number of nitrogens with zero attached hydrogens (tertiary/aromatic N) is 2. The molecule has 0 aromatic carbocycles. The molecule has 1 atom stereocenters. The van der Waals surface area contributed by atoms with Crippen molar-refractivity contribution < 1.29 is 9.84 Å². The molecule has 0 aliphatic carbocycles. The quantitative estimate of drug-likeness (QED) is 0.733. The summed E-state index contributed by atoms with van der Waals surface area (Å²) in [7, 11) is 1.51. The van der Waals surface area contributed by atoms with E-state index in [0.29, 0.717) is 24.5 Å². The van der Waals surface area contributed by atoms with Crippen molar-refractivity contribution in [2.75, 3.05) is 24.7 Å². The van der Waals surface area contributed by atoms with Crippen LogP contribution < -0.4 is 15.8 Å². The summed E-state index contributed by atoms with van der Waals surface area (Å²) in [4.78, 5) is 7.88. The van der Waals surface area contributed by atoms with Gasteiger partial charge in [-0.15, -0.1) is 0 Å². The molecule has 18 heavy (non-hydrogen) atoms. The van der Waals surface area contributed by atoms with Crippen molar-refractivity contribution in [1.82, 2.24) is 9.97 Å². The predicted molar refractivity (Wildman–Crippen MR) is 71.6 cm³/mol. The molecule has 1 rings (SSSR count). The maximum atomic E-state index is 9.90. The summed E-state index contributed by atoms with van der Waals surface area (Å²) in [5.74, 6) is 1.18. The van der Waals surface area contributed by atoms with Gasteiger partial charge in [0.15, 0.2) is 11.6 Å². The minimum absolute atomic E-state index is 0.0792. The van der Waals surface area contributed by atoms with Crippen LogP contribution in [0.15, 0.2) is 6.33 Å². The van der Waals surface area contributed by atoms with Crippen LogP contribution in [-0.4, -0.2) is 34.8 Å². The van der Waals surface area contributed by atoms with Crippen LogP contribution in [0, 0.1) is 5.41 Å². The number of hydrogen-bond donors (Lipinski definition) is 3. The number of hydrogen-bond acceptors (Lipinski definition) is 6. The zero-order chi connectivity index (χ0) is 13.8. The molecule has 4 N–H and O–H groups in total. The van der Waals surface area contributed by atoms with E-state index in [2.05, 4.69) is 36.1 Å². The summed E-state index contributed by atoms with van der Waals surface area (Å²) in [6.45, 7) is 6.64. The van der Waals surface area contributed by atoms with Gasteiger partial charge in [0.1, 0.15) is 6.33 Å². The minimum Gasteiger partial charge on any atom is -0.490 e. The first-order valence-corrected chi connectivity index (χ1v) is 5.90. The van der Waals surface area contributed by atoms with E-state index in [1.807, 2.05) is 0 Å². The van der Waals surface area contributed by atoms with Gasteiger partial charge in [-0.2, -0.15) is 0 Å². The SMILES string of the molecule is COc1c(N)ncnc1NCC(O)CC(C)(C)C. The lowest BCUT2D eigenvalue weighted by molar-refractivity contribution is 0.132. The number of nitrogens with one attached hydrogen (secondary N) is 1. The average molecular weight is 254 g/mol. The summed E-state index contributed by atoms with van der Waals surface area (Å²) in [6.07, 6.45) is 1.60. The highest BCUT2D eigenvalue weighted by atomic mass is 16.5. The molecular weight excluding hydrogens is 232 g/mol. The molecule has 0 aliphatic rings. The molecule has 0 saturated carbocycles. The zero-order valence-electron chi connectivity index (χ0n) is 11.4. The lowest BCUT2D eigenvalue weighted by Gasteiger charge is -2.22. The summed E-state index contributed by atoms with van der Waals surface area (Å²) in [5.41, 5.74) is 5.74. The maximum absolute atomic E-state index is 9.90. The van der Waals surface area contributed by atoms with E-state index in [-0.39, 0.29) is 11.2 Å². The number of ether oxygens (including phenoxy) is 1. The molecule has 0 fully saturated rings. The van der Waals surface area contributed by atoms with Crippen LogP contribution in [0.4, 0.5) is 11.6 Å². The topological polar surface area (TPSA) is 93.3 Å². The van der Waals surface area contributed by atoms with Crippen LogP contribution in [-0.2, 0) is 0 Å². The van der Waals surface area contributed by atoms with Crippen molar-refractivity contribution in [1.29, 1.82) is 0 Å². The molecule has 1 aromatic rings. The van der Waals surface area contributed by atoms with E-state index < -0.39 is 6.10 Å². The minimum atomic E-state index is -0.453. The van der Waals surface area contributed by atoms with Gasteiger partial charge < -0.3 is 20.9 Å². The molecule has 0 radical (unpaired) electrons. The zero-order valence-corrected chi connectivity index (χ0v) is 11.4. The molecule has 0 amide bonds. The number of anilines is 2. The molecule has 0 aliphatic heterocycles. The van der Waals surface area contributed by atoms with Crippen molar-refractivity contribution in [3.8, 4) is 5.75 Å². The van der Waals surface area contributed by atoms with Gasteiger partial charge in [-0.1, -0.05) is 20.8 Å². The third kappa shape index (κ3) is 4.37. The number of methoxy groups -OCH3 is 1. The Hall–Kier alpha value is -1.56. The lowest BCUT2D eigenvalue weighted by Crippen LogP contribution is -2.25. The second-order valence-electron chi connectivity index (χ2n) is 5.44. The number of aliphatic hydroxyl groups excluding tert-OH is 1. The van der Waals surface area contributed by atoms with E-state index in [1.54, 1.807) is 0 Å². The molecular formula is C12H22N4O2. The fraction of sp³-hybridized carbons (Fsp3) is 0.667. The average Bonchev–Trinajstić information content (AvgIpc) is 2.24. The van der Waals surface area contributed by atoms with Crippen molar-refractivity contribution in [3.05, 3.63) is 6.33 Å². The summed E-state index contributed by atoms with van der Waals surface area (Å²) in [5, 5.41) is 12.9. The maximum Gasteiger partial charge on any atom is 0.203 e. The van der Waals surface area contributed by atoms with E-state index in [0.717, 1.165) is 0 Å². The van der Waals surface area contributed by atoms with Crippen LogP contribution in [0.3, 0.4) is 0 Å². The Morgan fingerprint density at radius 3 is 2.67 bits per heavy atom. The molecule has 0 saturated heterocycles. The Balaban J connectivity index is 2.61. The highest BCUT2D eigenvalue weighted by Crippen LogP contribution is 2.26. The molecule has 0 spiro atoms. The van der Waals surface area contributed by atoms with E-state index in [4.69, 9.17) is 10.5 Å². The molecule has 6 heteroatoms. The first-order chi connectivity index (χ1) is 8.33. The number of aliphatic hydroxyl groups is 1. The standard InChI is InChI=1S/C12H22N4O2/c1-12(2,3)5-8(17)6-14-11-9(18-4)10(13)15-7-16-11/h7-8,17H,5-6H2,1-4H3,(H3,13,14,15,16). The van der Waals surface area contributed by atoms with Gasteiger partial charge in [-0.3, -0.25) is 0 Å². The van der Waals surface area contributed by atoms with Gasteiger partial charge in [-0.25, -0.2) is 9.97 Å². The fourth-order valence-corrected chi connectivity index (χ4v) is 1.71. The Labute approximate surface area is 108 Å². The summed E-state index contributed by atoms with van der Waals surface area (Å²) in [6, 6.07) is 0. The van der Waals surface area contributed by atoms with Gasteiger partial charge in [0.2, 0.25) is 5.75 Å². The molecule has 1 heterocycles. The lowest BCUT2D eigenvalue weighted by atomic mass is 9.89. The van der Waals surface area contributed by atoms with Crippen LogP contribution in [0.2, 0.25) is 0 Å². The fourth-order valence-electron chi connectivity index (χ4n) is 1.71. The van der Waals surface area contributed by atoms with Crippen LogP contribution >= 0.6 is 0 Å². The Kier molecular flexibility index (Phi) is 4.72. The molecule has 6 nitrogen and oxygen atoms in total. The van der Waals surface area contributed by atoms with Crippen molar-refractivity contribution in [2.45, 2.75) is 33.3 Å². The van der Waals surface area contributed by atoms with Crippen LogP contribution in [0.5, 0.6) is 5.75 Å². The van der Waals surface area contributed by atoms with Crippen LogP contribution in [0.1, 0.15) is 27.2 Å². The van der Waals surface area contributed by atoms with E-state index in [1.165, 1.54) is 13.4 Å². The number of aromatic nitrogens is 2. The number of nitrogen functional groups attached to an aromatic ring is 1. The van der Waals surface area contributed by atoms with Gasteiger partial charge in [0.25, 0.3) is 0 Å². The van der Waals surface area contributed by atoms with Crippen molar-refractivity contribution >= 4 is 11.6 Å². The smallest absolute Gasteiger partial charge is 0.203 e. The van der Waals surface area contributed by atoms with Gasteiger partial charge in [-0.05, 0) is 11.8 Å². The Bertz CT molecular complexity index is 390. The van der Waals surface area contributed by atoms with Crippen molar-refractivity contribution in [2.24, 2.45) is 5.41 Å². The molecule has 0 bridgehead atoms. The third-order valence-corrected chi connectivity index (χ3v) is 2.39. The second-order valence-corrected chi connectivity index (χ2v) is 5.44. The third-order valence-electron chi connectivity index (χ3n) is 2.39. The van der Waals surface area contributed by atoms with Gasteiger partial charge in [0.05, 0.1) is 13.2 Å². The Morgan fingerprint density at radius 2 is 2.11 bits per heavy atom. The van der Waals surface area contributed by atoms with Crippen LogP contribution in [0.25, 0.3) is 0 Å². The largest absolute Gasteiger partial charge is 0.490 e. The second kappa shape index (κ2) is 5.86. The predicted octanol–water partition coefficient (Wildman–Crippen LogP) is 1.28. The highest BCUT2D eigenvalue weighted by Gasteiger charge is 2.17. The highest BCUT2D eigenvalue weighted by molar-refractivity contribution is 5.61. The summed E-state index contributed by atoms with van der Waals surface area (Å²) >= 11 is 0. The first kappa shape index (κ1) is 14.5. The first-order valence-electron chi connectivity index (χ1n) is 5.90.